The molecule has 1 atom stereocenters. The maximum atomic E-state index is 10.2. The standard InChI is InChI=1S/C9H7N.C8H14O2S2/c1-2-4-9-7-10-6-5-8(9)3-1;9-8(10)4-2-1-3-7-5-6-11-12-7/h1-7H;7H,1-6H2,(H,9,10)/t;7-/m.1/s1. The maximum absolute atomic E-state index is 10.2. The molecular weight excluding hydrogens is 314 g/mol. The first-order chi connectivity index (χ1) is 10.8. The third-order valence-corrected chi connectivity index (χ3v) is 6.45. The van der Waals surface area contributed by atoms with Crippen molar-refractivity contribution >= 4 is 38.3 Å². The van der Waals surface area contributed by atoms with Crippen molar-refractivity contribution in [2.24, 2.45) is 0 Å². The van der Waals surface area contributed by atoms with E-state index in [1.165, 1.54) is 29.4 Å². The van der Waals surface area contributed by atoms with Crippen molar-refractivity contribution in [1.29, 1.82) is 0 Å². The Bertz CT molecular complexity index is 520. The first kappa shape index (κ1) is 17.2. The molecule has 0 aliphatic carbocycles. The van der Waals surface area contributed by atoms with E-state index in [-0.39, 0.29) is 0 Å². The number of aromatic nitrogens is 1. The summed E-state index contributed by atoms with van der Waals surface area (Å²) in [4.78, 5) is 14.2. The average Bonchev–Trinajstić information content (AvgIpc) is 3.06. The van der Waals surface area contributed by atoms with Gasteiger partial charge in [-0.2, -0.15) is 0 Å². The number of fused-ring (bicyclic) bond motifs is 1. The smallest absolute Gasteiger partial charge is 0.303 e. The number of nitrogens with zero attached hydrogens (tertiary/aromatic N) is 1. The highest BCUT2D eigenvalue weighted by Gasteiger charge is 2.15. The summed E-state index contributed by atoms with van der Waals surface area (Å²) in [6, 6.07) is 10.2. The predicted octanol–water partition coefficient (Wildman–Crippen LogP) is 5.02. The lowest BCUT2D eigenvalue weighted by atomic mass is 10.1. The summed E-state index contributed by atoms with van der Waals surface area (Å²) in [5, 5.41) is 11.6. The number of unbranched alkanes of at least 4 members (excludes halogenated alkanes) is 1. The van der Waals surface area contributed by atoms with Crippen LogP contribution in [0.25, 0.3) is 10.8 Å². The molecule has 2 heterocycles. The van der Waals surface area contributed by atoms with Crippen LogP contribution < -0.4 is 0 Å². The van der Waals surface area contributed by atoms with E-state index in [2.05, 4.69) is 17.1 Å². The lowest BCUT2D eigenvalue weighted by molar-refractivity contribution is -0.137. The Labute approximate surface area is 139 Å². The van der Waals surface area contributed by atoms with Crippen molar-refractivity contribution in [2.75, 3.05) is 5.75 Å². The molecule has 0 radical (unpaired) electrons. The second-order valence-electron chi connectivity index (χ2n) is 5.19. The molecule has 22 heavy (non-hydrogen) atoms. The van der Waals surface area contributed by atoms with Crippen molar-refractivity contribution in [3.8, 4) is 0 Å². The van der Waals surface area contributed by atoms with E-state index >= 15 is 0 Å². The van der Waals surface area contributed by atoms with Crippen LogP contribution in [0, 0.1) is 0 Å². The minimum Gasteiger partial charge on any atom is -0.481 e. The van der Waals surface area contributed by atoms with E-state index in [9.17, 15) is 4.79 Å². The zero-order chi connectivity index (χ0) is 15.6. The number of hydrogen-bond donors (Lipinski definition) is 1. The number of benzene rings is 1. The lowest BCUT2D eigenvalue weighted by Crippen LogP contribution is -1.99. The van der Waals surface area contributed by atoms with Gasteiger partial charge in [0.25, 0.3) is 0 Å². The van der Waals surface area contributed by atoms with Gasteiger partial charge >= 0.3 is 5.97 Å². The predicted molar refractivity (Wildman–Crippen MR) is 96.3 cm³/mol. The Kier molecular flexibility index (Phi) is 7.60. The summed E-state index contributed by atoms with van der Waals surface area (Å²) in [6.07, 6.45) is 8.44. The molecule has 0 spiro atoms. The average molecular weight is 335 g/mol. The highest BCUT2D eigenvalue weighted by atomic mass is 33.1. The van der Waals surface area contributed by atoms with Crippen molar-refractivity contribution in [2.45, 2.75) is 37.4 Å². The summed E-state index contributed by atoms with van der Waals surface area (Å²) >= 11 is 0. The van der Waals surface area contributed by atoms with E-state index in [0.29, 0.717) is 6.42 Å². The molecular formula is C17H21NO2S2. The Hall–Kier alpha value is -1.20. The third-order valence-electron chi connectivity index (χ3n) is 3.44. The van der Waals surface area contributed by atoms with Gasteiger partial charge in [0.05, 0.1) is 0 Å². The molecule has 1 aromatic carbocycles. The molecule has 1 aromatic heterocycles. The molecule has 3 rings (SSSR count). The number of carbonyl (C=O) groups is 1. The fraction of sp³-hybridized carbons (Fsp3) is 0.412. The van der Waals surface area contributed by atoms with Gasteiger partial charge in [-0.3, -0.25) is 9.78 Å². The Morgan fingerprint density at radius 2 is 2.05 bits per heavy atom. The van der Waals surface area contributed by atoms with E-state index in [1.807, 2.05) is 52.2 Å². The van der Waals surface area contributed by atoms with Gasteiger partial charge in [-0.25, -0.2) is 0 Å². The molecule has 1 aliphatic rings. The number of aliphatic carboxylic acids is 1. The largest absolute Gasteiger partial charge is 0.481 e. The molecule has 0 saturated carbocycles. The van der Waals surface area contributed by atoms with Gasteiger partial charge in [0.2, 0.25) is 0 Å². The van der Waals surface area contributed by atoms with Crippen molar-refractivity contribution in [1.82, 2.24) is 4.98 Å². The fourth-order valence-corrected chi connectivity index (χ4v) is 5.27. The Balaban J connectivity index is 0.000000162. The number of carboxylic acids is 1. The molecule has 1 saturated heterocycles. The summed E-state index contributed by atoms with van der Waals surface area (Å²) in [7, 11) is 3.92. The van der Waals surface area contributed by atoms with Crippen molar-refractivity contribution in [3.63, 3.8) is 0 Å². The van der Waals surface area contributed by atoms with Gasteiger partial charge in [0, 0.05) is 29.8 Å². The van der Waals surface area contributed by atoms with E-state index in [4.69, 9.17) is 5.11 Å². The van der Waals surface area contributed by atoms with Crippen LogP contribution in [0.1, 0.15) is 32.1 Å². The molecule has 0 amide bonds. The zero-order valence-corrected chi connectivity index (χ0v) is 14.1. The van der Waals surface area contributed by atoms with Gasteiger partial charge < -0.3 is 5.11 Å². The number of hydrogen-bond acceptors (Lipinski definition) is 4. The van der Waals surface area contributed by atoms with Gasteiger partial charge in [-0.1, -0.05) is 52.3 Å². The summed E-state index contributed by atoms with van der Waals surface area (Å²) in [5.74, 6) is 0.609. The summed E-state index contributed by atoms with van der Waals surface area (Å²) < 4.78 is 0. The molecule has 118 valence electrons. The summed E-state index contributed by atoms with van der Waals surface area (Å²) in [6.45, 7) is 0. The SMILES string of the molecule is O=C(O)CCCC[C@@H]1CCSS1.c1ccc2cnccc2c1. The first-order valence-electron chi connectivity index (χ1n) is 7.54. The van der Waals surface area contributed by atoms with Gasteiger partial charge in [-0.05, 0) is 36.1 Å². The van der Waals surface area contributed by atoms with Crippen LogP contribution in [0.5, 0.6) is 0 Å². The number of rotatable bonds is 5. The quantitative estimate of drug-likeness (QED) is 0.614. The van der Waals surface area contributed by atoms with E-state index < -0.39 is 5.97 Å². The minimum atomic E-state index is -0.663. The molecule has 5 heteroatoms. The lowest BCUT2D eigenvalue weighted by Gasteiger charge is -2.04. The monoisotopic (exact) mass is 335 g/mol. The Morgan fingerprint density at radius 1 is 1.23 bits per heavy atom. The number of pyridine rings is 1. The van der Waals surface area contributed by atoms with Crippen LogP contribution in [0.2, 0.25) is 0 Å². The molecule has 3 nitrogen and oxygen atoms in total. The molecule has 1 fully saturated rings. The highest BCUT2D eigenvalue weighted by Crippen LogP contribution is 2.39. The van der Waals surface area contributed by atoms with Crippen LogP contribution in [-0.2, 0) is 4.79 Å². The second-order valence-corrected chi connectivity index (χ2v) is 7.98. The van der Waals surface area contributed by atoms with Crippen LogP contribution >= 0.6 is 21.6 Å². The van der Waals surface area contributed by atoms with E-state index in [1.54, 1.807) is 0 Å². The third kappa shape index (κ3) is 6.28. The first-order valence-corrected chi connectivity index (χ1v) is 9.93. The summed E-state index contributed by atoms with van der Waals surface area (Å²) in [5.41, 5.74) is 0. The zero-order valence-electron chi connectivity index (χ0n) is 12.5. The van der Waals surface area contributed by atoms with Gasteiger partial charge in [-0.15, -0.1) is 0 Å². The van der Waals surface area contributed by atoms with Crippen LogP contribution in [0.15, 0.2) is 42.7 Å². The van der Waals surface area contributed by atoms with Crippen LogP contribution in [0.4, 0.5) is 0 Å². The molecule has 0 bridgehead atoms. The highest BCUT2D eigenvalue weighted by molar-refractivity contribution is 8.77. The molecule has 0 unspecified atom stereocenters. The minimum absolute atomic E-state index is 0.338. The maximum Gasteiger partial charge on any atom is 0.303 e. The molecule has 1 N–H and O–H groups in total. The topological polar surface area (TPSA) is 50.2 Å². The Morgan fingerprint density at radius 3 is 2.73 bits per heavy atom. The van der Waals surface area contributed by atoms with Crippen LogP contribution in [0.3, 0.4) is 0 Å². The fourth-order valence-electron chi connectivity index (χ4n) is 2.24. The molecule has 2 aromatic rings. The molecule has 1 aliphatic heterocycles. The van der Waals surface area contributed by atoms with Crippen molar-refractivity contribution in [3.05, 3.63) is 42.7 Å². The second kappa shape index (κ2) is 9.74. The normalized spacial score (nSPS) is 17.0. The van der Waals surface area contributed by atoms with Gasteiger partial charge in [0.1, 0.15) is 0 Å². The van der Waals surface area contributed by atoms with Crippen molar-refractivity contribution < 1.29 is 9.90 Å². The van der Waals surface area contributed by atoms with Gasteiger partial charge in [0.15, 0.2) is 0 Å². The van der Waals surface area contributed by atoms with E-state index in [0.717, 1.165) is 18.1 Å². The number of carboxylic acid groups (broad SMARTS) is 1. The van der Waals surface area contributed by atoms with Crippen LogP contribution in [-0.4, -0.2) is 27.1 Å².